The summed E-state index contributed by atoms with van der Waals surface area (Å²) in [4.78, 5) is 0. The lowest BCUT2D eigenvalue weighted by molar-refractivity contribution is 0.331. The second-order valence-corrected chi connectivity index (χ2v) is 6.20. The highest BCUT2D eigenvalue weighted by atomic mass is 14.4. The zero-order valence-corrected chi connectivity index (χ0v) is 10.6. The Morgan fingerprint density at radius 3 is 2.13 bits per heavy atom. The average Bonchev–Trinajstić information content (AvgIpc) is 2.17. The minimum Gasteiger partial charge on any atom is -0.0590 e. The molecule has 2 rings (SSSR count). The Bertz CT molecular complexity index is 427. The first-order valence-corrected chi connectivity index (χ1v) is 5.87. The molecule has 1 aromatic carbocycles. The summed E-state index contributed by atoms with van der Waals surface area (Å²) in [7, 11) is 0. The predicted molar refractivity (Wildman–Crippen MR) is 66.5 cm³/mol. The van der Waals surface area contributed by atoms with Crippen LogP contribution in [0.4, 0.5) is 0 Å². The zero-order valence-electron chi connectivity index (χ0n) is 11.6. The molecule has 0 aromatic heterocycles. The fourth-order valence-electron chi connectivity index (χ4n) is 2.58. The number of fused-ring (bicyclic) bond motifs is 1. The summed E-state index contributed by atoms with van der Waals surface area (Å²) in [5.41, 5.74) is 4.16. The van der Waals surface area contributed by atoms with Crippen LogP contribution in [-0.4, -0.2) is 0 Å². The number of hydrogen-bond acceptors (Lipinski definition) is 0. The monoisotopic (exact) mass is 203 g/mol. The molecule has 0 saturated carbocycles. The standard InChI is InChI=1S/C15H22/c1-11-6-7-12-13(10-11)15(4,5)9-8-14(12,2)3/h6-7,10H,8-9H2,1-5H3/i10D. The molecule has 0 radical (unpaired) electrons. The molecule has 0 atom stereocenters. The van der Waals surface area contributed by atoms with E-state index in [0.29, 0.717) is 0 Å². The van der Waals surface area contributed by atoms with E-state index < -0.39 is 0 Å². The van der Waals surface area contributed by atoms with E-state index in [1.54, 1.807) is 0 Å². The van der Waals surface area contributed by atoms with Crippen molar-refractivity contribution in [2.75, 3.05) is 0 Å². The van der Waals surface area contributed by atoms with Gasteiger partial charge in [0.05, 0.1) is 1.37 Å². The molecule has 0 heterocycles. The van der Waals surface area contributed by atoms with E-state index in [1.807, 2.05) is 6.92 Å². The van der Waals surface area contributed by atoms with Crippen LogP contribution in [0.3, 0.4) is 0 Å². The molecule has 0 nitrogen and oxygen atoms in total. The molecule has 0 unspecified atom stereocenters. The lowest BCUT2D eigenvalue weighted by atomic mass is 9.63. The fourth-order valence-corrected chi connectivity index (χ4v) is 2.58. The van der Waals surface area contributed by atoms with Crippen LogP contribution in [-0.2, 0) is 10.8 Å². The predicted octanol–water partition coefficient (Wildman–Crippen LogP) is 4.34. The van der Waals surface area contributed by atoms with E-state index in [9.17, 15) is 0 Å². The molecular formula is C15H22. The van der Waals surface area contributed by atoms with Crippen LogP contribution in [0.2, 0.25) is 0 Å². The van der Waals surface area contributed by atoms with Crippen LogP contribution in [0.25, 0.3) is 0 Å². The molecule has 0 fully saturated rings. The van der Waals surface area contributed by atoms with E-state index in [2.05, 4.69) is 39.8 Å². The Kier molecular flexibility index (Phi) is 1.95. The Labute approximate surface area is 95.1 Å². The van der Waals surface area contributed by atoms with Gasteiger partial charge >= 0.3 is 0 Å². The summed E-state index contributed by atoms with van der Waals surface area (Å²) in [6.45, 7) is 11.2. The summed E-state index contributed by atoms with van der Waals surface area (Å²) in [6, 6.07) is 5.10. The van der Waals surface area contributed by atoms with Gasteiger partial charge in [0.15, 0.2) is 0 Å². The highest BCUT2D eigenvalue weighted by Crippen LogP contribution is 2.45. The van der Waals surface area contributed by atoms with Gasteiger partial charge < -0.3 is 0 Å². The molecule has 15 heavy (non-hydrogen) atoms. The molecule has 0 saturated heterocycles. The van der Waals surface area contributed by atoms with E-state index in [4.69, 9.17) is 1.37 Å². The molecule has 0 N–H and O–H groups in total. The fraction of sp³-hybridized carbons (Fsp3) is 0.600. The number of hydrogen-bond donors (Lipinski definition) is 0. The Morgan fingerprint density at radius 1 is 1.00 bits per heavy atom. The van der Waals surface area contributed by atoms with Gasteiger partial charge in [0.1, 0.15) is 0 Å². The zero-order chi connectivity index (χ0) is 12.1. The van der Waals surface area contributed by atoms with Gasteiger partial charge in [-0.3, -0.25) is 0 Å². The molecule has 1 aromatic rings. The maximum atomic E-state index is 8.31. The molecule has 0 spiro atoms. The summed E-state index contributed by atoms with van der Waals surface area (Å²) >= 11 is 0. The van der Waals surface area contributed by atoms with Crippen LogP contribution in [0.5, 0.6) is 0 Å². The van der Waals surface area contributed by atoms with Crippen molar-refractivity contribution in [3.8, 4) is 0 Å². The van der Waals surface area contributed by atoms with Crippen molar-refractivity contribution < 1.29 is 1.37 Å². The van der Waals surface area contributed by atoms with Crippen molar-refractivity contribution in [2.24, 2.45) is 0 Å². The van der Waals surface area contributed by atoms with E-state index in [-0.39, 0.29) is 10.8 Å². The molecular weight excluding hydrogens is 180 g/mol. The first-order valence-electron chi connectivity index (χ1n) is 6.37. The molecule has 0 heteroatoms. The highest BCUT2D eigenvalue weighted by Gasteiger charge is 2.36. The number of rotatable bonds is 0. The lowest BCUT2D eigenvalue weighted by Gasteiger charge is -2.42. The van der Waals surface area contributed by atoms with Crippen LogP contribution in [0.1, 0.15) is 58.6 Å². The lowest BCUT2D eigenvalue weighted by Crippen LogP contribution is -2.33. The SMILES string of the molecule is [2H]c1c(C)ccc2c1C(C)(C)CCC2(C)C. The first-order chi connectivity index (χ1) is 7.26. The van der Waals surface area contributed by atoms with Crippen LogP contribution < -0.4 is 0 Å². The third-order valence-corrected chi connectivity index (χ3v) is 3.87. The van der Waals surface area contributed by atoms with Gasteiger partial charge in [-0.2, -0.15) is 0 Å². The third-order valence-electron chi connectivity index (χ3n) is 3.87. The molecule has 0 amide bonds. The second kappa shape index (κ2) is 3.10. The highest BCUT2D eigenvalue weighted by molar-refractivity contribution is 5.43. The summed E-state index contributed by atoms with van der Waals surface area (Å²) in [6.07, 6.45) is 2.40. The van der Waals surface area contributed by atoms with Crippen molar-refractivity contribution in [3.05, 3.63) is 34.9 Å². The molecule has 0 aliphatic heterocycles. The summed E-state index contributed by atoms with van der Waals surface area (Å²) in [5.74, 6) is 0. The molecule has 0 bridgehead atoms. The number of benzene rings is 1. The average molecular weight is 203 g/mol. The topological polar surface area (TPSA) is 0 Å². The van der Waals surface area contributed by atoms with E-state index in [1.165, 1.54) is 24.0 Å². The number of aryl methyl sites for hydroxylation is 1. The minimum absolute atomic E-state index is 0.161. The second-order valence-electron chi connectivity index (χ2n) is 6.20. The van der Waals surface area contributed by atoms with Crippen LogP contribution in [0, 0.1) is 6.92 Å². The summed E-state index contributed by atoms with van der Waals surface area (Å²) in [5, 5.41) is 0. The van der Waals surface area contributed by atoms with Crippen molar-refractivity contribution in [2.45, 2.75) is 58.3 Å². The Balaban J connectivity index is 2.75. The van der Waals surface area contributed by atoms with Gasteiger partial charge in [-0.15, -0.1) is 0 Å². The van der Waals surface area contributed by atoms with E-state index in [0.717, 1.165) is 11.6 Å². The first kappa shape index (κ1) is 9.45. The van der Waals surface area contributed by atoms with E-state index >= 15 is 0 Å². The van der Waals surface area contributed by atoms with Gasteiger partial charge in [-0.05, 0) is 41.7 Å². The van der Waals surface area contributed by atoms with Gasteiger partial charge in [0, 0.05) is 0 Å². The largest absolute Gasteiger partial charge is 0.0629 e. The summed E-state index contributed by atoms with van der Waals surface area (Å²) < 4.78 is 8.31. The third kappa shape index (κ3) is 1.71. The van der Waals surface area contributed by atoms with Crippen LogP contribution >= 0.6 is 0 Å². The van der Waals surface area contributed by atoms with Crippen LogP contribution in [0.15, 0.2) is 18.2 Å². The van der Waals surface area contributed by atoms with Gasteiger partial charge in [0.25, 0.3) is 0 Å². The molecule has 1 aliphatic carbocycles. The maximum absolute atomic E-state index is 8.31. The maximum Gasteiger partial charge on any atom is 0.0629 e. The minimum atomic E-state index is 0.161. The Hall–Kier alpha value is -0.780. The van der Waals surface area contributed by atoms with Crippen molar-refractivity contribution in [1.29, 1.82) is 0 Å². The van der Waals surface area contributed by atoms with Crippen molar-refractivity contribution in [3.63, 3.8) is 0 Å². The quantitative estimate of drug-likeness (QED) is 0.588. The van der Waals surface area contributed by atoms with Crippen molar-refractivity contribution in [1.82, 2.24) is 0 Å². The molecule has 1 aliphatic rings. The van der Waals surface area contributed by atoms with Gasteiger partial charge in [-0.25, -0.2) is 0 Å². The molecule has 82 valence electrons. The smallest absolute Gasteiger partial charge is 0.0590 e. The van der Waals surface area contributed by atoms with Gasteiger partial charge in [-0.1, -0.05) is 51.4 Å². The van der Waals surface area contributed by atoms with Gasteiger partial charge in [0.2, 0.25) is 0 Å². The normalized spacial score (nSPS) is 23.1. The Morgan fingerprint density at radius 2 is 1.53 bits per heavy atom. The van der Waals surface area contributed by atoms with Crippen molar-refractivity contribution >= 4 is 0 Å².